The number of hydrogen-bond donors (Lipinski definition) is 2. The number of unbranched alkanes of at least 4 members (excludes halogenated alkanes) is 4. The van der Waals surface area contributed by atoms with Crippen LogP contribution in [0.25, 0.3) is 0 Å². The summed E-state index contributed by atoms with van der Waals surface area (Å²) in [5.74, 6) is -0.670. The van der Waals surface area contributed by atoms with Crippen molar-refractivity contribution in [1.29, 1.82) is 0 Å². The van der Waals surface area contributed by atoms with Crippen LogP contribution >= 0.6 is 0 Å². The first-order valence-corrected chi connectivity index (χ1v) is 6.44. The van der Waals surface area contributed by atoms with Gasteiger partial charge in [-0.15, -0.1) is 0 Å². The monoisotopic (exact) mass is 232 g/mol. The lowest BCUT2D eigenvalue weighted by Gasteiger charge is -1.95. The Balaban J connectivity index is 0. The Bertz CT molecular complexity index is 144. The zero-order chi connectivity index (χ0) is 12.8. The molecule has 0 aromatic carbocycles. The van der Waals surface area contributed by atoms with Gasteiger partial charge >= 0.3 is 5.97 Å². The number of aliphatic hydroxyl groups excluding tert-OH is 1. The summed E-state index contributed by atoms with van der Waals surface area (Å²) in [7, 11) is 0. The Kier molecular flexibility index (Phi) is 16.1. The average Bonchev–Trinajstić information content (AvgIpc) is 2.17. The van der Waals surface area contributed by atoms with Gasteiger partial charge in [0.05, 0.1) is 6.10 Å². The van der Waals surface area contributed by atoms with Crippen molar-refractivity contribution in [2.75, 3.05) is 0 Å². The Labute approximate surface area is 99.9 Å². The first-order valence-electron chi connectivity index (χ1n) is 6.44. The van der Waals surface area contributed by atoms with Crippen LogP contribution in [0.1, 0.15) is 72.1 Å². The van der Waals surface area contributed by atoms with Gasteiger partial charge in [-0.1, -0.05) is 46.0 Å². The highest BCUT2D eigenvalue weighted by Crippen LogP contribution is 2.04. The van der Waals surface area contributed by atoms with Crippen LogP contribution in [-0.4, -0.2) is 22.3 Å². The van der Waals surface area contributed by atoms with Gasteiger partial charge in [0, 0.05) is 6.42 Å². The molecule has 3 heteroatoms. The van der Waals surface area contributed by atoms with Crippen molar-refractivity contribution in [3.05, 3.63) is 0 Å². The van der Waals surface area contributed by atoms with Crippen molar-refractivity contribution in [2.24, 2.45) is 0 Å². The highest BCUT2D eigenvalue weighted by atomic mass is 16.4. The van der Waals surface area contributed by atoms with E-state index in [1.807, 2.05) is 6.92 Å². The molecular weight excluding hydrogens is 204 g/mol. The van der Waals surface area contributed by atoms with E-state index in [1.165, 1.54) is 19.3 Å². The van der Waals surface area contributed by atoms with Gasteiger partial charge in [0.1, 0.15) is 0 Å². The number of carboxylic acids is 1. The summed E-state index contributed by atoms with van der Waals surface area (Å²) in [6, 6.07) is 0. The highest BCUT2D eigenvalue weighted by molar-refractivity contribution is 5.66. The average molecular weight is 232 g/mol. The maximum atomic E-state index is 10.0. The number of carbonyl (C=O) groups is 1. The molecule has 98 valence electrons. The predicted molar refractivity (Wildman–Crippen MR) is 67.6 cm³/mol. The Morgan fingerprint density at radius 3 is 1.94 bits per heavy atom. The molecule has 16 heavy (non-hydrogen) atoms. The van der Waals surface area contributed by atoms with Crippen molar-refractivity contribution >= 4 is 5.97 Å². The molecule has 0 rings (SSSR count). The van der Waals surface area contributed by atoms with Crippen LogP contribution in [0.2, 0.25) is 0 Å². The fraction of sp³-hybridized carbons (Fsp3) is 0.923. The van der Waals surface area contributed by atoms with Crippen LogP contribution < -0.4 is 0 Å². The van der Waals surface area contributed by atoms with Crippen molar-refractivity contribution in [2.45, 2.75) is 78.2 Å². The lowest BCUT2D eigenvalue weighted by Crippen LogP contribution is -1.95. The van der Waals surface area contributed by atoms with Gasteiger partial charge in [-0.3, -0.25) is 4.79 Å². The molecule has 0 fully saturated rings. The molecule has 1 atom stereocenters. The number of hydrogen-bond acceptors (Lipinski definition) is 2. The van der Waals surface area contributed by atoms with E-state index in [4.69, 9.17) is 10.2 Å². The zero-order valence-electron chi connectivity index (χ0n) is 11.0. The molecule has 0 aliphatic rings. The van der Waals surface area contributed by atoms with Crippen molar-refractivity contribution in [1.82, 2.24) is 0 Å². The molecular formula is C13H28O3. The smallest absolute Gasteiger partial charge is 0.303 e. The van der Waals surface area contributed by atoms with Crippen LogP contribution in [0.15, 0.2) is 0 Å². The summed E-state index contributed by atoms with van der Waals surface area (Å²) >= 11 is 0. The second-order valence-electron chi connectivity index (χ2n) is 4.20. The Morgan fingerprint density at radius 1 is 1.06 bits per heavy atom. The summed E-state index contributed by atoms with van der Waals surface area (Å²) in [5.41, 5.74) is 0. The van der Waals surface area contributed by atoms with Gasteiger partial charge in [-0.05, 0) is 19.8 Å². The third-order valence-corrected chi connectivity index (χ3v) is 2.20. The SMILES string of the molecule is CCCC(C)O.CCCCCCCC(=O)O. The first kappa shape index (κ1) is 17.8. The van der Waals surface area contributed by atoms with E-state index in [1.54, 1.807) is 0 Å². The molecule has 3 nitrogen and oxygen atoms in total. The highest BCUT2D eigenvalue weighted by Gasteiger charge is 1.94. The normalized spacial score (nSPS) is 11.5. The number of aliphatic carboxylic acids is 1. The van der Waals surface area contributed by atoms with Crippen LogP contribution in [0.5, 0.6) is 0 Å². The Hall–Kier alpha value is -0.570. The van der Waals surface area contributed by atoms with E-state index >= 15 is 0 Å². The second kappa shape index (κ2) is 14.4. The summed E-state index contributed by atoms with van der Waals surface area (Å²) in [6.45, 7) is 6.02. The third-order valence-electron chi connectivity index (χ3n) is 2.20. The molecule has 0 radical (unpaired) electrons. The standard InChI is InChI=1S/C8H16O2.C5H12O/c1-2-3-4-5-6-7-8(9)10;1-3-4-5(2)6/h2-7H2,1H3,(H,9,10);5-6H,3-4H2,1-2H3. The largest absolute Gasteiger partial charge is 0.481 e. The molecule has 0 bridgehead atoms. The van der Waals surface area contributed by atoms with Gasteiger partial charge in [0.2, 0.25) is 0 Å². The van der Waals surface area contributed by atoms with Crippen molar-refractivity contribution in [3.8, 4) is 0 Å². The number of aliphatic hydroxyl groups is 1. The first-order chi connectivity index (χ1) is 7.54. The van der Waals surface area contributed by atoms with E-state index < -0.39 is 5.97 Å². The van der Waals surface area contributed by atoms with E-state index in [0.29, 0.717) is 6.42 Å². The fourth-order valence-electron chi connectivity index (χ4n) is 1.30. The molecule has 0 amide bonds. The van der Waals surface area contributed by atoms with E-state index in [0.717, 1.165) is 25.7 Å². The molecule has 2 N–H and O–H groups in total. The van der Waals surface area contributed by atoms with Crippen molar-refractivity contribution in [3.63, 3.8) is 0 Å². The molecule has 0 aliphatic carbocycles. The topological polar surface area (TPSA) is 57.5 Å². The summed E-state index contributed by atoms with van der Waals surface area (Å²) < 4.78 is 0. The van der Waals surface area contributed by atoms with Crippen LogP contribution in [0.3, 0.4) is 0 Å². The van der Waals surface area contributed by atoms with Gasteiger partial charge in [0.25, 0.3) is 0 Å². The molecule has 0 aromatic rings. The van der Waals surface area contributed by atoms with Gasteiger partial charge in [0.15, 0.2) is 0 Å². The quantitative estimate of drug-likeness (QED) is 0.629. The molecule has 0 aliphatic heterocycles. The maximum Gasteiger partial charge on any atom is 0.303 e. The third kappa shape index (κ3) is 23.3. The molecule has 0 saturated heterocycles. The van der Waals surface area contributed by atoms with E-state index in [2.05, 4.69) is 13.8 Å². The van der Waals surface area contributed by atoms with Crippen LogP contribution in [-0.2, 0) is 4.79 Å². The Morgan fingerprint density at radius 2 is 1.62 bits per heavy atom. The summed E-state index contributed by atoms with van der Waals surface area (Å²) in [5, 5.41) is 16.8. The van der Waals surface area contributed by atoms with Crippen LogP contribution in [0.4, 0.5) is 0 Å². The van der Waals surface area contributed by atoms with Gasteiger partial charge < -0.3 is 10.2 Å². The van der Waals surface area contributed by atoms with Crippen LogP contribution in [0, 0.1) is 0 Å². The second-order valence-corrected chi connectivity index (χ2v) is 4.20. The van der Waals surface area contributed by atoms with E-state index in [9.17, 15) is 4.79 Å². The maximum absolute atomic E-state index is 10.0. The summed E-state index contributed by atoms with van der Waals surface area (Å²) in [4.78, 5) is 10.0. The lowest BCUT2D eigenvalue weighted by atomic mass is 10.1. The number of carboxylic acid groups (broad SMARTS) is 1. The predicted octanol–water partition coefficient (Wildman–Crippen LogP) is 3.60. The van der Waals surface area contributed by atoms with Gasteiger partial charge in [-0.25, -0.2) is 0 Å². The molecule has 0 heterocycles. The molecule has 0 saturated carbocycles. The number of rotatable bonds is 8. The molecule has 0 spiro atoms. The minimum atomic E-state index is -0.670. The minimum absolute atomic E-state index is 0.102. The zero-order valence-corrected chi connectivity index (χ0v) is 11.0. The summed E-state index contributed by atoms with van der Waals surface area (Å²) in [6.07, 6.45) is 7.79. The van der Waals surface area contributed by atoms with Crippen molar-refractivity contribution < 1.29 is 15.0 Å². The molecule has 1 unspecified atom stereocenters. The lowest BCUT2D eigenvalue weighted by molar-refractivity contribution is -0.137. The fourth-order valence-corrected chi connectivity index (χ4v) is 1.30. The molecule has 0 aromatic heterocycles. The van der Waals surface area contributed by atoms with E-state index in [-0.39, 0.29) is 6.10 Å². The van der Waals surface area contributed by atoms with Gasteiger partial charge in [-0.2, -0.15) is 0 Å². The minimum Gasteiger partial charge on any atom is -0.481 e.